The van der Waals surface area contributed by atoms with E-state index in [1.165, 1.54) is 0 Å². The van der Waals surface area contributed by atoms with E-state index in [1.807, 2.05) is 31.2 Å². The van der Waals surface area contributed by atoms with Crippen molar-refractivity contribution in [1.82, 2.24) is 4.73 Å². The Bertz CT molecular complexity index is 959. The number of aromatic nitrogens is 1. The van der Waals surface area contributed by atoms with Crippen LogP contribution in [-0.4, -0.2) is 16.7 Å². The summed E-state index contributed by atoms with van der Waals surface area (Å²) in [5, 5.41) is 10.9. The summed E-state index contributed by atoms with van der Waals surface area (Å²) in [4.78, 5) is 12.5. The SMILES string of the molecule is Cc1ccccc1-c1cc2c3c(ccc2n(O)c1=O)OCO3. The lowest BCUT2D eigenvalue weighted by Crippen LogP contribution is -2.20. The van der Waals surface area contributed by atoms with Gasteiger partial charge in [-0.05, 0) is 36.2 Å². The molecule has 2 heterocycles. The van der Waals surface area contributed by atoms with Crippen LogP contribution in [0.25, 0.3) is 22.0 Å². The van der Waals surface area contributed by atoms with Crippen molar-refractivity contribution in [2.75, 3.05) is 6.79 Å². The molecule has 0 atom stereocenters. The minimum absolute atomic E-state index is 0.138. The number of hydrogen-bond acceptors (Lipinski definition) is 4. The number of nitrogens with zero attached hydrogens (tertiary/aromatic N) is 1. The molecule has 1 N–H and O–H groups in total. The van der Waals surface area contributed by atoms with Crippen molar-refractivity contribution in [3.8, 4) is 22.6 Å². The highest BCUT2D eigenvalue weighted by atomic mass is 16.7. The molecule has 2 aromatic carbocycles. The zero-order valence-corrected chi connectivity index (χ0v) is 11.9. The fourth-order valence-electron chi connectivity index (χ4n) is 2.81. The molecular formula is C17H13NO4. The Morgan fingerprint density at radius 3 is 2.73 bits per heavy atom. The highest BCUT2D eigenvalue weighted by Crippen LogP contribution is 2.39. The molecule has 0 fully saturated rings. The van der Waals surface area contributed by atoms with Gasteiger partial charge in [0.05, 0.1) is 11.1 Å². The number of ether oxygens (including phenoxy) is 2. The molecule has 0 radical (unpaired) electrons. The Balaban J connectivity index is 2.11. The molecule has 22 heavy (non-hydrogen) atoms. The summed E-state index contributed by atoms with van der Waals surface area (Å²) in [6, 6.07) is 12.6. The van der Waals surface area contributed by atoms with Crippen LogP contribution in [0.4, 0.5) is 0 Å². The van der Waals surface area contributed by atoms with Crippen molar-refractivity contribution < 1.29 is 14.7 Å². The van der Waals surface area contributed by atoms with E-state index < -0.39 is 5.56 Å². The maximum atomic E-state index is 12.5. The maximum absolute atomic E-state index is 12.5. The molecule has 110 valence electrons. The Morgan fingerprint density at radius 1 is 1.09 bits per heavy atom. The first-order chi connectivity index (χ1) is 10.7. The van der Waals surface area contributed by atoms with Gasteiger partial charge < -0.3 is 14.7 Å². The van der Waals surface area contributed by atoms with Crippen molar-refractivity contribution in [3.63, 3.8) is 0 Å². The first-order valence-electron chi connectivity index (χ1n) is 6.90. The van der Waals surface area contributed by atoms with Crippen LogP contribution in [0.5, 0.6) is 11.5 Å². The number of aryl methyl sites for hydroxylation is 1. The number of fused-ring (bicyclic) bond motifs is 3. The Hall–Kier alpha value is -2.95. The topological polar surface area (TPSA) is 60.7 Å². The van der Waals surface area contributed by atoms with Crippen LogP contribution in [-0.2, 0) is 0 Å². The van der Waals surface area contributed by atoms with Gasteiger partial charge in [-0.15, -0.1) is 4.73 Å². The third-order valence-corrected chi connectivity index (χ3v) is 3.93. The second kappa shape index (κ2) is 4.53. The minimum atomic E-state index is -0.458. The van der Waals surface area contributed by atoms with E-state index in [0.29, 0.717) is 32.7 Å². The first-order valence-corrected chi connectivity index (χ1v) is 6.90. The normalized spacial score (nSPS) is 12.8. The minimum Gasteiger partial charge on any atom is -0.454 e. The van der Waals surface area contributed by atoms with Gasteiger partial charge in [0.2, 0.25) is 6.79 Å². The Kier molecular flexibility index (Phi) is 2.63. The summed E-state index contributed by atoms with van der Waals surface area (Å²) in [7, 11) is 0. The zero-order chi connectivity index (χ0) is 15.3. The van der Waals surface area contributed by atoms with Gasteiger partial charge in [0.1, 0.15) is 0 Å². The van der Waals surface area contributed by atoms with Gasteiger partial charge in [-0.1, -0.05) is 24.3 Å². The highest BCUT2D eigenvalue weighted by molar-refractivity contribution is 5.92. The smallest absolute Gasteiger partial charge is 0.291 e. The molecule has 5 nitrogen and oxygen atoms in total. The number of benzene rings is 2. The van der Waals surface area contributed by atoms with E-state index in [4.69, 9.17) is 9.47 Å². The van der Waals surface area contributed by atoms with Crippen molar-refractivity contribution >= 4 is 10.9 Å². The zero-order valence-electron chi connectivity index (χ0n) is 11.9. The van der Waals surface area contributed by atoms with Gasteiger partial charge in [-0.25, -0.2) is 0 Å². The summed E-state index contributed by atoms with van der Waals surface area (Å²) in [6.45, 7) is 2.06. The van der Waals surface area contributed by atoms with Crippen molar-refractivity contribution in [2.24, 2.45) is 0 Å². The lowest BCUT2D eigenvalue weighted by atomic mass is 10.00. The Morgan fingerprint density at radius 2 is 1.91 bits per heavy atom. The van der Waals surface area contributed by atoms with Crippen LogP contribution in [0.3, 0.4) is 0 Å². The molecule has 4 rings (SSSR count). The van der Waals surface area contributed by atoms with Crippen molar-refractivity contribution in [2.45, 2.75) is 6.92 Å². The van der Waals surface area contributed by atoms with Crippen LogP contribution in [0.2, 0.25) is 0 Å². The molecule has 0 aliphatic carbocycles. The first kappa shape index (κ1) is 12.8. The second-order valence-corrected chi connectivity index (χ2v) is 5.22. The summed E-state index contributed by atoms with van der Waals surface area (Å²) < 4.78 is 11.5. The monoisotopic (exact) mass is 295 g/mol. The molecule has 0 unspecified atom stereocenters. The van der Waals surface area contributed by atoms with Gasteiger partial charge in [0.15, 0.2) is 11.5 Å². The molecule has 0 saturated heterocycles. The van der Waals surface area contributed by atoms with Gasteiger partial charge in [-0.3, -0.25) is 4.79 Å². The molecule has 0 spiro atoms. The number of hydrogen-bond donors (Lipinski definition) is 1. The van der Waals surface area contributed by atoms with E-state index in [0.717, 1.165) is 11.1 Å². The summed E-state index contributed by atoms with van der Waals surface area (Å²) in [6.07, 6.45) is 0. The molecule has 0 saturated carbocycles. The predicted octanol–water partition coefficient (Wildman–Crippen LogP) is 2.94. The van der Waals surface area contributed by atoms with Crippen LogP contribution in [0.15, 0.2) is 47.3 Å². The molecule has 1 aliphatic rings. The van der Waals surface area contributed by atoms with Gasteiger partial charge in [0.25, 0.3) is 5.56 Å². The summed E-state index contributed by atoms with van der Waals surface area (Å²) >= 11 is 0. The third-order valence-electron chi connectivity index (χ3n) is 3.93. The Labute approximate surface area is 125 Å². The van der Waals surface area contributed by atoms with Gasteiger partial charge in [-0.2, -0.15) is 0 Å². The maximum Gasteiger partial charge on any atom is 0.291 e. The third kappa shape index (κ3) is 1.69. The van der Waals surface area contributed by atoms with E-state index >= 15 is 0 Å². The van der Waals surface area contributed by atoms with Crippen molar-refractivity contribution in [1.29, 1.82) is 0 Å². The molecule has 0 amide bonds. The quantitative estimate of drug-likeness (QED) is 0.701. The van der Waals surface area contributed by atoms with Crippen LogP contribution < -0.4 is 15.0 Å². The summed E-state index contributed by atoms with van der Waals surface area (Å²) in [5.41, 5.74) is 2.11. The lowest BCUT2D eigenvalue weighted by Gasteiger charge is -2.11. The molecule has 1 aliphatic heterocycles. The van der Waals surface area contributed by atoms with E-state index in [1.54, 1.807) is 18.2 Å². The van der Waals surface area contributed by atoms with Crippen molar-refractivity contribution in [3.05, 3.63) is 58.4 Å². The molecule has 5 heteroatoms. The van der Waals surface area contributed by atoms with E-state index in [2.05, 4.69) is 0 Å². The number of rotatable bonds is 1. The largest absolute Gasteiger partial charge is 0.454 e. The lowest BCUT2D eigenvalue weighted by molar-refractivity contribution is 0.174. The van der Waals surface area contributed by atoms with Crippen LogP contribution in [0.1, 0.15) is 5.56 Å². The fraction of sp³-hybridized carbons (Fsp3) is 0.118. The standard InChI is InChI=1S/C17H13NO4/c1-10-4-2-3-5-11(10)12-8-13-14(18(20)17(12)19)6-7-15-16(13)22-9-21-15/h2-8,20H,9H2,1H3. The van der Waals surface area contributed by atoms with Gasteiger partial charge in [0, 0.05) is 5.39 Å². The highest BCUT2D eigenvalue weighted by Gasteiger charge is 2.21. The predicted molar refractivity (Wildman–Crippen MR) is 81.7 cm³/mol. The average Bonchev–Trinajstić information content (AvgIpc) is 3.00. The summed E-state index contributed by atoms with van der Waals surface area (Å²) in [5.74, 6) is 1.16. The number of pyridine rings is 1. The van der Waals surface area contributed by atoms with E-state index in [9.17, 15) is 10.0 Å². The molecular weight excluding hydrogens is 282 g/mol. The van der Waals surface area contributed by atoms with Crippen LogP contribution in [0, 0.1) is 6.92 Å². The fourth-order valence-corrected chi connectivity index (χ4v) is 2.81. The second-order valence-electron chi connectivity index (χ2n) is 5.22. The average molecular weight is 295 g/mol. The van der Waals surface area contributed by atoms with Crippen LogP contribution >= 0.6 is 0 Å². The van der Waals surface area contributed by atoms with Gasteiger partial charge >= 0.3 is 0 Å². The molecule has 3 aromatic rings. The molecule has 0 bridgehead atoms. The molecule has 1 aromatic heterocycles. The van der Waals surface area contributed by atoms with E-state index in [-0.39, 0.29) is 6.79 Å².